The maximum Gasteiger partial charge on any atom is 0.145 e. The fourth-order valence-electron chi connectivity index (χ4n) is 1.34. The van der Waals surface area contributed by atoms with E-state index in [2.05, 4.69) is 4.40 Å². The smallest absolute Gasteiger partial charge is 0.145 e. The van der Waals surface area contributed by atoms with Gasteiger partial charge in [0.25, 0.3) is 0 Å². The normalized spacial score (nSPS) is 14.6. The molecule has 0 saturated carbocycles. The van der Waals surface area contributed by atoms with Crippen LogP contribution in [0, 0.1) is 0 Å². The molecule has 0 aliphatic heterocycles. The number of hydrogen-bond donors (Lipinski definition) is 0. The number of halogens is 1. The van der Waals surface area contributed by atoms with Crippen molar-refractivity contribution in [1.29, 1.82) is 0 Å². The standard InChI is InChI=1S/C14H20ClNOS/c1-14(2,3)18(17)16-13(10-7-11-15)12-8-5-4-6-9-12/h4-6,8-9H,7,10-11H2,1-3H3/t18-/m0/s1. The summed E-state index contributed by atoms with van der Waals surface area (Å²) in [6, 6.07) is 9.88. The van der Waals surface area contributed by atoms with Gasteiger partial charge in [-0.25, -0.2) is 4.21 Å². The molecule has 1 rings (SSSR count). The number of benzene rings is 1. The van der Waals surface area contributed by atoms with Crippen LogP contribution in [0.5, 0.6) is 0 Å². The predicted octanol–water partition coefficient (Wildman–Crippen LogP) is 3.96. The molecule has 0 amide bonds. The summed E-state index contributed by atoms with van der Waals surface area (Å²) in [5, 5.41) is 0. The molecule has 0 aliphatic carbocycles. The third kappa shape index (κ3) is 4.91. The Morgan fingerprint density at radius 2 is 1.89 bits per heavy atom. The van der Waals surface area contributed by atoms with Gasteiger partial charge in [-0.2, -0.15) is 4.40 Å². The minimum Gasteiger partial charge on any atom is -0.234 e. The van der Waals surface area contributed by atoms with Crippen LogP contribution in [0.15, 0.2) is 34.7 Å². The van der Waals surface area contributed by atoms with Crippen LogP contribution in [-0.2, 0) is 11.0 Å². The molecule has 0 spiro atoms. The third-order valence-electron chi connectivity index (χ3n) is 2.37. The Labute approximate surface area is 117 Å². The first kappa shape index (κ1) is 15.4. The van der Waals surface area contributed by atoms with Crippen LogP contribution in [0.25, 0.3) is 0 Å². The summed E-state index contributed by atoms with van der Waals surface area (Å²) in [6.45, 7) is 5.78. The van der Waals surface area contributed by atoms with Crippen LogP contribution < -0.4 is 0 Å². The minimum absolute atomic E-state index is 0.332. The molecule has 0 fully saturated rings. The van der Waals surface area contributed by atoms with E-state index in [0.717, 1.165) is 24.1 Å². The molecule has 4 heteroatoms. The lowest BCUT2D eigenvalue weighted by Crippen LogP contribution is -2.21. The Balaban J connectivity index is 2.99. The lowest BCUT2D eigenvalue weighted by Gasteiger charge is -2.15. The van der Waals surface area contributed by atoms with Crippen molar-refractivity contribution in [3.05, 3.63) is 35.9 Å². The van der Waals surface area contributed by atoms with Gasteiger partial charge in [0, 0.05) is 5.88 Å². The molecule has 0 aromatic heterocycles. The highest BCUT2D eigenvalue weighted by atomic mass is 35.5. The monoisotopic (exact) mass is 285 g/mol. The lowest BCUT2D eigenvalue weighted by molar-refractivity contribution is 0.650. The van der Waals surface area contributed by atoms with E-state index in [0.29, 0.717) is 5.88 Å². The molecule has 1 aromatic carbocycles. The largest absolute Gasteiger partial charge is 0.234 e. The van der Waals surface area contributed by atoms with Crippen molar-refractivity contribution >= 4 is 28.3 Å². The van der Waals surface area contributed by atoms with Gasteiger partial charge in [0.2, 0.25) is 0 Å². The van der Waals surface area contributed by atoms with Crippen LogP contribution in [-0.4, -0.2) is 20.5 Å². The maximum atomic E-state index is 12.1. The van der Waals surface area contributed by atoms with E-state index in [9.17, 15) is 4.21 Å². The second-order valence-electron chi connectivity index (χ2n) is 5.06. The molecule has 0 bridgehead atoms. The van der Waals surface area contributed by atoms with Crippen molar-refractivity contribution in [2.75, 3.05) is 5.88 Å². The third-order valence-corrected chi connectivity index (χ3v) is 4.07. The van der Waals surface area contributed by atoms with Gasteiger partial charge in [-0.15, -0.1) is 11.6 Å². The maximum absolute atomic E-state index is 12.1. The van der Waals surface area contributed by atoms with E-state index in [-0.39, 0.29) is 4.75 Å². The molecule has 2 nitrogen and oxygen atoms in total. The van der Waals surface area contributed by atoms with Crippen molar-refractivity contribution in [3.8, 4) is 0 Å². The minimum atomic E-state index is -1.23. The zero-order valence-electron chi connectivity index (χ0n) is 11.1. The quantitative estimate of drug-likeness (QED) is 0.595. The summed E-state index contributed by atoms with van der Waals surface area (Å²) in [5.41, 5.74) is 1.91. The summed E-state index contributed by atoms with van der Waals surface area (Å²) < 4.78 is 16.2. The first-order valence-corrected chi connectivity index (χ1v) is 7.70. The molecule has 0 radical (unpaired) electrons. The van der Waals surface area contributed by atoms with Crippen molar-refractivity contribution < 1.29 is 4.21 Å². The van der Waals surface area contributed by atoms with Crippen LogP contribution in [0.1, 0.15) is 39.2 Å². The summed E-state index contributed by atoms with van der Waals surface area (Å²) in [4.78, 5) is 0. The fraction of sp³-hybridized carbons (Fsp3) is 0.500. The zero-order chi connectivity index (χ0) is 13.6. The van der Waals surface area contributed by atoms with Gasteiger partial charge in [-0.3, -0.25) is 0 Å². The zero-order valence-corrected chi connectivity index (χ0v) is 12.7. The molecule has 100 valence electrons. The Morgan fingerprint density at radius 1 is 1.28 bits per heavy atom. The number of rotatable bonds is 5. The van der Waals surface area contributed by atoms with E-state index in [1.165, 1.54) is 0 Å². The van der Waals surface area contributed by atoms with Gasteiger partial charge in [0.15, 0.2) is 0 Å². The van der Waals surface area contributed by atoms with E-state index < -0.39 is 11.0 Å². The topological polar surface area (TPSA) is 29.4 Å². The summed E-state index contributed by atoms with van der Waals surface area (Å²) >= 11 is 5.73. The molecule has 0 N–H and O–H groups in total. The van der Waals surface area contributed by atoms with E-state index >= 15 is 0 Å². The first-order valence-electron chi connectivity index (χ1n) is 6.06. The number of hydrogen-bond acceptors (Lipinski definition) is 1. The van der Waals surface area contributed by atoms with E-state index in [4.69, 9.17) is 11.6 Å². The number of alkyl halides is 1. The Kier molecular flexibility index (Phi) is 6.03. The summed E-state index contributed by atoms with van der Waals surface area (Å²) in [7, 11) is -1.23. The molecule has 18 heavy (non-hydrogen) atoms. The molecular formula is C14H20ClNOS. The van der Waals surface area contributed by atoms with Crippen LogP contribution in [0.4, 0.5) is 0 Å². The van der Waals surface area contributed by atoms with Crippen LogP contribution in [0.2, 0.25) is 0 Å². The van der Waals surface area contributed by atoms with Gasteiger partial charge in [0.1, 0.15) is 11.0 Å². The summed E-state index contributed by atoms with van der Waals surface area (Å²) in [6.07, 6.45) is 1.60. The predicted molar refractivity (Wildman–Crippen MR) is 80.8 cm³/mol. The van der Waals surface area contributed by atoms with Gasteiger partial charge in [-0.05, 0) is 39.2 Å². The highest BCUT2D eigenvalue weighted by Crippen LogP contribution is 2.16. The van der Waals surface area contributed by atoms with E-state index in [1.807, 2.05) is 51.1 Å². The number of nitrogens with zero attached hydrogens (tertiary/aromatic N) is 1. The first-order chi connectivity index (χ1) is 8.45. The SMILES string of the molecule is CC(C)(C)[S@](=O)N=C(CCCCl)c1ccccc1. The highest BCUT2D eigenvalue weighted by Gasteiger charge is 2.20. The molecule has 0 saturated heterocycles. The molecule has 1 aromatic rings. The van der Waals surface area contributed by atoms with Crippen molar-refractivity contribution in [2.24, 2.45) is 4.40 Å². The van der Waals surface area contributed by atoms with Crippen LogP contribution >= 0.6 is 11.6 Å². The van der Waals surface area contributed by atoms with E-state index in [1.54, 1.807) is 0 Å². The van der Waals surface area contributed by atoms with Crippen molar-refractivity contribution in [1.82, 2.24) is 0 Å². The second kappa shape index (κ2) is 7.05. The second-order valence-corrected chi connectivity index (χ2v) is 7.34. The van der Waals surface area contributed by atoms with Crippen LogP contribution in [0.3, 0.4) is 0 Å². The Hall–Kier alpha value is -0.670. The van der Waals surface area contributed by atoms with Gasteiger partial charge in [-0.1, -0.05) is 30.3 Å². The average molecular weight is 286 g/mol. The van der Waals surface area contributed by atoms with Crippen molar-refractivity contribution in [3.63, 3.8) is 0 Å². The molecular weight excluding hydrogens is 266 g/mol. The van der Waals surface area contributed by atoms with Gasteiger partial charge in [0.05, 0.1) is 10.5 Å². The molecule has 1 atom stereocenters. The van der Waals surface area contributed by atoms with Gasteiger partial charge < -0.3 is 0 Å². The molecule has 0 unspecified atom stereocenters. The fourth-order valence-corrected chi connectivity index (χ4v) is 2.15. The Morgan fingerprint density at radius 3 is 2.39 bits per heavy atom. The van der Waals surface area contributed by atoms with Gasteiger partial charge >= 0.3 is 0 Å². The molecule has 0 heterocycles. The van der Waals surface area contributed by atoms with Crippen molar-refractivity contribution in [2.45, 2.75) is 38.4 Å². The Bertz CT molecular complexity index is 423. The summed E-state index contributed by atoms with van der Waals surface area (Å²) in [5.74, 6) is 0.591. The lowest BCUT2D eigenvalue weighted by atomic mass is 10.1. The average Bonchev–Trinajstić information content (AvgIpc) is 2.34. The highest BCUT2D eigenvalue weighted by molar-refractivity contribution is 7.85. The molecule has 0 aliphatic rings.